The lowest BCUT2D eigenvalue weighted by atomic mass is 10.3. The zero-order chi connectivity index (χ0) is 13.0. The highest BCUT2D eigenvalue weighted by atomic mass is 79.9. The molecular weight excluding hydrogens is 298 g/mol. The third-order valence-corrected chi connectivity index (χ3v) is 2.82. The second-order valence-electron chi connectivity index (χ2n) is 3.63. The van der Waals surface area contributed by atoms with Gasteiger partial charge in [0.25, 0.3) is 0 Å². The molecule has 0 atom stereocenters. The van der Waals surface area contributed by atoms with Crippen molar-refractivity contribution < 1.29 is 9.53 Å². The van der Waals surface area contributed by atoms with Gasteiger partial charge in [-0.25, -0.2) is 9.78 Å². The summed E-state index contributed by atoms with van der Waals surface area (Å²) in [7, 11) is 1.35. The van der Waals surface area contributed by atoms with E-state index in [2.05, 4.69) is 36.0 Å². The van der Waals surface area contributed by atoms with E-state index in [1.165, 1.54) is 7.11 Å². The van der Waals surface area contributed by atoms with E-state index in [9.17, 15) is 4.79 Å². The van der Waals surface area contributed by atoms with Crippen LogP contribution in [0.25, 0.3) is 0 Å². The minimum Gasteiger partial charge on any atom is -0.464 e. The monoisotopic (exact) mass is 309 g/mol. The van der Waals surface area contributed by atoms with Crippen LogP contribution in [-0.4, -0.2) is 23.0 Å². The first-order valence-corrected chi connectivity index (χ1v) is 6.09. The molecule has 5 nitrogen and oxygen atoms in total. The Morgan fingerprint density at radius 1 is 1.56 bits per heavy atom. The summed E-state index contributed by atoms with van der Waals surface area (Å²) in [6.07, 6.45) is 3.48. The Morgan fingerprint density at radius 3 is 3.06 bits per heavy atom. The van der Waals surface area contributed by atoms with Crippen molar-refractivity contribution in [1.29, 1.82) is 0 Å². The van der Waals surface area contributed by atoms with E-state index in [1.807, 2.05) is 12.1 Å². The third kappa shape index (κ3) is 3.10. The zero-order valence-electron chi connectivity index (χ0n) is 9.74. The van der Waals surface area contributed by atoms with Crippen molar-refractivity contribution in [2.24, 2.45) is 0 Å². The fourth-order valence-corrected chi connectivity index (χ4v) is 1.68. The van der Waals surface area contributed by atoms with E-state index in [4.69, 9.17) is 0 Å². The number of rotatable bonds is 4. The number of H-pyrrole nitrogens is 1. The van der Waals surface area contributed by atoms with Gasteiger partial charge in [0, 0.05) is 23.4 Å². The van der Waals surface area contributed by atoms with Crippen molar-refractivity contribution in [2.45, 2.75) is 6.54 Å². The average molecular weight is 310 g/mol. The van der Waals surface area contributed by atoms with Crippen molar-refractivity contribution >= 4 is 27.7 Å². The van der Waals surface area contributed by atoms with E-state index < -0.39 is 0 Å². The Labute approximate surface area is 113 Å². The van der Waals surface area contributed by atoms with E-state index in [0.29, 0.717) is 12.2 Å². The molecule has 0 saturated heterocycles. The van der Waals surface area contributed by atoms with E-state index >= 15 is 0 Å². The number of methoxy groups -OCH3 is 1. The number of halogens is 1. The lowest BCUT2D eigenvalue weighted by Gasteiger charge is -2.03. The number of carbonyl (C=O) groups is 1. The Bertz CT molecular complexity index is 537. The summed E-state index contributed by atoms with van der Waals surface area (Å²) in [6.45, 7) is 0.585. The number of esters is 1. The molecule has 0 unspecified atom stereocenters. The Balaban J connectivity index is 1.96. The number of nitrogens with one attached hydrogen (secondary N) is 2. The van der Waals surface area contributed by atoms with Crippen LogP contribution in [0.2, 0.25) is 0 Å². The summed E-state index contributed by atoms with van der Waals surface area (Å²) in [5.41, 5.74) is 1.40. The van der Waals surface area contributed by atoms with E-state index in [1.54, 1.807) is 18.5 Å². The lowest BCUT2D eigenvalue weighted by Crippen LogP contribution is -2.01. The van der Waals surface area contributed by atoms with Crippen molar-refractivity contribution in [3.05, 3.63) is 46.3 Å². The molecule has 0 aliphatic heterocycles. The molecule has 0 bridgehead atoms. The van der Waals surface area contributed by atoms with Gasteiger partial charge in [0.15, 0.2) is 0 Å². The molecule has 0 spiro atoms. The summed E-state index contributed by atoms with van der Waals surface area (Å²) in [5.74, 6) is 0.405. The molecule has 2 aromatic rings. The average Bonchev–Trinajstić information content (AvgIpc) is 2.86. The predicted molar refractivity (Wildman–Crippen MR) is 71.4 cm³/mol. The van der Waals surface area contributed by atoms with Gasteiger partial charge in [0.2, 0.25) is 0 Å². The van der Waals surface area contributed by atoms with Crippen molar-refractivity contribution in [2.75, 3.05) is 12.4 Å². The minimum atomic E-state index is -0.372. The summed E-state index contributed by atoms with van der Waals surface area (Å²) in [6, 6.07) is 5.53. The first-order valence-electron chi connectivity index (χ1n) is 5.30. The number of carbonyl (C=O) groups excluding carboxylic acids is 1. The minimum absolute atomic E-state index is 0.372. The molecule has 0 aromatic carbocycles. The molecule has 6 heteroatoms. The van der Waals surface area contributed by atoms with Gasteiger partial charge in [0.05, 0.1) is 7.11 Å². The van der Waals surface area contributed by atoms with Gasteiger partial charge in [-0.2, -0.15) is 0 Å². The molecule has 0 aliphatic carbocycles. The molecule has 0 amide bonds. The molecule has 0 fully saturated rings. The van der Waals surface area contributed by atoms with Crippen molar-refractivity contribution in [1.82, 2.24) is 9.97 Å². The van der Waals surface area contributed by atoms with Gasteiger partial charge < -0.3 is 15.0 Å². The van der Waals surface area contributed by atoms with Crippen LogP contribution < -0.4 is 5.32 Å². The van der Waals surface area contributed by atoms with Crippen LogP contribution in [0.4, 0.5) is 5.82 Å². The van der Waals surface area contributed by atoms with Crippen LogP contribution in [0.1, 0.15) is 16.1 Å². The number of hydrogen-bond acceptors (Lipinski definition) is 4. The normalized spacial score (nSPS) is 10.1. The van der Waals surface area contributed by atoms with Gasteiger partial charge >= 0.3 is 5.97 Å². The SMILES string of the molecule is COC(=O)c1cc(CNc2ccc(Br)cn2)c[nH]1. The standard InChI is InChI=1S/C12H12BrN3O2/c1-18-12(17)10-4-8(5-14-10)6-15-11-3-2-9(13)7-16-11/h2-5,7,14H,6H2,1H3,(H,15,16). The Morgan fingerprint density at radius 2 is 2.39 bits per heavy atom. The number of anilines is 1. The molecule has 0 aliphatic rings. The highest BCUT2D eigenvalue weighted by molar-refractivity contribution is 9.10. The zero-order valence-corrected chi connectivity index (χ0v) is 11.3. The molecule has 18 heavy (non-hydrogen) atoms. The topological polar surface area (TPSA) is 67.0 Å². The van der Waals surface area contributed by atoms with Crippen LogP contribution in [0.15, 0.2) is 35.1 Å². The maximum Gasteiger partial charge on any atom is 0.354 e. The molecular formula is C12H12BrN3O2. The highest BCUT2D eigenvalue weighted by Gasteiger charge is 2.07. The third-order valence-electron chi connectivity index (χ3n) is 2.35. The van der Waals surface area contributed by atoms with Gasteiger partial charge in [0.1, 0.15) is 11.5 Å². The van der Waals surface area contributed by atoms with Gasteiger partial charge in [-0.15, -0.1) is 0 Å². The summed E-state index contributed by atoms with van der Waals surface area (Å²) in [4.78, 5) is 18.3. The molecule has 0 saturated carbocycles. The quantitative estimate of drug-likeness (QED) is 0.852. The number of aromatic amines is 1. The number of nitrogens with zero attached hydrogens (tertiary/aromatic N) is 1. The Hall–Kier alpha value is -1.82. The van der Waals surface area contributed by atoms with Crippen LogP contribution >= 0.6 is 15.9 Å². The second kappa shape index (κ2) is 5.68. The molecule has 2 aromatic heterocycles. The van der Waals surface area contributed by atoms with E-state index in [-0.39, 0.29) is 5.97 Å². The first-order chi connectivity index (χ1) is 8.69. The smallest absolute Gasteiger partial charge is 0.354 e. The second-order valence-corrected chi connectivity index (χ2v) is 4.54. The fourth-order valence-electron chi connectivity index (χ4n) is 1.44. The van der Waals surface area contributed by atoms with Gasteiger partial charge in [-0.05, 0) is 39.7 Å². The number of hydrogen-bond donors (Lipinski definition) is 2. The van der Waals surface area contributed by atoms with Crippen molar-refractivity contribution in [3.63, 3.8) is 0 Å². The summed E-state index contributed by atoms with van der Waals surface area (Å²) in [5, 5.41) is 3.15. The largest absolute Gasteiger partial charge is 0.464 e. The fraction of sp³-hybridized carbons (Fsp3) is 0.167. The first kappa shape index (κ1) is 12.6. The summed E-state index contributed by atoms with van der Waals surface area (Å²) < 4.78 is 5.55. The lowest BCUT2D eigenvalue weighted by molar-refractivity contribution is 0.0595. The van der Waals surface area contributed by atoms with Crippen LogP contribution in [0, 0.1) is 0 Å². The van der Waals surface area contributed by atoms with Gasteiger partial charge in [-0.1, -0.05) is 0 Å². The van der Waals surface area contributed by atoms with Crippen LogP contribution in [-0.2, 0) is 11.3 Å². The van der Waals surface area contributed by atoms with E-state index in [0.717, 1.165) is 15.9 Å². The summed E-state index contributed by atoms with van der Waals surface area (Å²) >= 11 is 3.32. The Kier molecular flexibility index (Phi) is 3.99. The molecule has 2 rings (SSSR count). The van der Waals surface area contributed by atoms with Crippen LogP contribution in [0.3, 0.4) is 0 Å². The van der Waals surface area contributed by atoms with Crippen LogP contribution in [0.5, 0.6) is 0 Å². The molecule has 0 radical (unpaired) electrons. The van der Waals surface area contributed by atoms with Gasteiger partial charge in [-0.3, -0.25) is 0 Å². The molecule has 94 valence electrons. The molecule has 2 N–H and O–H groups in total. The maximum absolute atomic E-state index is 11.2. The molecule has 2 heterocycles. The number of aromatic nitrogens is 2. The predicted octanol–water partition coefficient (Wildman–Crippen LogP) is 2.57. The number of ether oxygens (including phenoxy) is 1. The number of pyridine rings is 1. The highest BCUT2D eigenvalue weighted by Crippen LogP contribution is 2.12. The van der Waals surface area contributed by atoms with Crippen molar-refractivity contribution in [3.8, 4) is 0 Å². The maximum atomic E-state index is 11.2.